The fourth-order valence-electron chi connectivity index (χ4n) is 20.2. The Kier molecular flexibility index (Phi) is 16.5. The molecule has 26 rings (SSSR count). The van der Waals surface area contributed by atoms with E-state index in [0.717, 1.165) is 133 Å². The van der Waals surface area contributed by atoms with Gasteiger partial charge >= 0.3 is 0 Å². The molecule has 0 N–H and O–H groups in total. The maximum absolute atomic E-state index is 5.44. The maximum Gasteiger partial charge on any atom is 0.0972 e. The minimum Gasteiger partial charge on any atom is -0.255 e. The second-order valence-electron chi connectivity index (χ2n) is 32.4. The van der Waals surface area contributed by atoms with Gasteiger partial charge in [-0.25, -0.2) is 24.9 Å². The molecule has 0 unspecified atom stereocenters. The lowest BCUT2D eigenvalue weighted by molar-refractivity contribution is 0.724. The molecular weight excluding hydrogens is 1540 g/mol. The van der Waals surface area contributed by atoms with Crippen molar-refractivity contribution in [2.75, 3.05) is 0 Å². The highest BCUT2D eigenvalue weighted by atomic mass is 32.2. The van der Waals surface area contributed by atoms with Gasteiger partial charge in [-0.3, -0.25) is 9.97 Å². The van der Waals surface area contributed by atoms with E-state index >= 15 is 0 Å². The Morgan fingerprint density at radius 3 is 1.00 bits per heavy atom. The molecule has 0 amide bonds. The van der Waals surface area contributed by atoms with Crippen LogP contribution in [0.2, 0.25) is 0 Å². The van der Waals surface area contributed by atoms with Crippen LogP contribution in [0.5, 0.6) is 0 Å². The van der Waals surface area contributed by atoms with Gasteiger partial charge in [0.25, 0.3) is 0 Å². The van der Waals surface area contributed by atoms with Crippen LogP contribution in [-0.4, -0.2) is 34.9 Å². The van der Waals surface area contributed by atoms with Crippen molar-refractivity contribution in [3.8, 4) is 112 Å². The zero-order valence-corrected chi connectivity index (χ0v) is 68.4. The number of hydrogen-bond acceptors (Lipinski definition) is 9. The first-order chi connectivity index (χ1) is 61.4. The Labute approximate surface area is 724 Å². The van der Waals surface area contributed by atoms with Crippen LogP contribution in [-0.2, 0) is 10.8 Å². The van der Waals surface area contributed by atoms with E-state index in [-0.39, 0.29) is 0 Å². The minimum atomic E-state index is -0.569. The highest BCUT2D eigenvalue weighted by molar-refractivity contribution is 7.99. The lowest BCUT2D eigenvalue weighted by Crippen LogP contribution is -2.32. The number of para-hydroxylation sites is 2. The molecule has 0 saturated carbocycles. The molecule has 576 valence electrons. The third-order valence-electron chi connectivity index (χ3n) is 25.7. The van der Waals surface area contributed by atoms with Crippen molar-refractivity contribution < 1.29 is 0 Å². The Balaban J connectivity index is 0.000000136. The normalized spacial score (nSPS) is 13.2. The molecule has 7 aromatic heterocycles. The van der Waals surface area contributed by atoms with Gasteiger partial charge < -0.3 is 0 Å². The van der Waals surface area contributed by atoms with Crippen LogP contribution in [0.15, 0.2) is 438 Å². The Hall–Kier alpha value is -15.4. The Bertz CT molecular complexity index is 8020. The summed E-state index contributed by atoms with van der Waals surface area (Å²) in [5, 5.41) is 9.23. The van der Waals surface area contributed by atoms with E-state index in [9.17, 15) is 0 Å². The summed E-state index contributed by atoms with van der Waals surface area (Å²) in [7, 11) is 0. The summed E-state index contributed by atoms with van der Waals surface area (Å²) in [5.41, 5.74) is 34.3. The fraction of sp³-hybridized carbons (Fsp3) is 0.0174. The van der Waals surface area contributed by atoms with E-state index in [1.54, 1.807) is 0 Å². The van der Waals surface area contributed by atoms with Gasteiger partial charge in [0.15, 0.2) is 0 Å². The molecule has 7 nitrogen and oxygen atoms in total. The molecule has 0 fully saturated rings. The molecule has 9 heterocycles. The zero-order chi connectivity index (χ0) is 81.6. The molecular formula is C115H69N7S2. The van der Waals surface area contributed by atoms with E-state index in [1.165, 1.54) is 108 Å². The van der Waals surface area contributed by atoms with Crippen LogP contribution in [0.25, 0.3) is 177 Å². The van der Waals surface area contributed by atoms with Gasteiger partial charge in [0.05, 0.1) is 78.4 Å². The first-order valence-electron chi connectivity index (χ1n) is 42.0. The number of hydrogen-bond donors (Lipinski definition) is 0. The van der Waals surface area contributed by atoms with Gasteiger partial charge in [0.1, 0.15) is 0 Å². The summed E-state index contributed by atoms with van der Waals surface area (Å²) in [6, 6.07) is 147. The molecule has 0 radical (unpaired) electrons. The lowest BCUT2D eigenvalue weighted by atomic mass is 9.66. The summed E-state index contributed by atoms with van der Waals surface area (Å²) in [6.45, 7) is 0. The standard InChI is InChI=1S/C59H36N4S.C56H33N3S/c1-2-14-39(15-3-1)58-46-36-57-50(35-45(46)44-18-6-9-21-51(44)63-58)59(47-19-7-4-16-42(47)43-17-5-8-20-48(43)59)49-32-40(28-29-56(49)64-57)37-24-26-38(27-25-37)41-33-54(52-22-10-12-30-60-52)62-55(34-41)53-23-11-13-31-61-53;1-3-13-34(14-4-1)48-28-25-36-23-24-37-26-29-49(58-55(37)54(36)57-48)38-27-30-51-46(31-38)56(44-20-10-7-17-39(44)40-18-8-11-21-45(40)56)47-32-42-41-19-9-12-22-50(41)59-53(35-15-5-2-6-16-35)43(42)33-52(47)60-51/h1-36H;1-33H. The largest absolute Gasteiger partial charge is 0.255 e. The Morgan fingerprint density at radius 1 is 0.185 bits per heavy atom. The second kappa shape index (κ2) is 28.7. The van der Waals surface area contributed by atoms with Crippen LogP contribution in [0.3, 0.4) is 0 Å². The van der Waals surface area contributed by atoms with Crippen molar-refractivity contribution >= 4 is 88.7 Å². The van der Waals surface area contributed by atoms with Crippen LogP contribution >= 0.6 is 23.5 Å². The van der Waals surface area contributed by atoms with Gasteiger partial charge in [0, 0.05) is 86.5 Å². The third-order valence-corrected chi connectivity index (χ3v) is 28.0. The first kappa shape index (κ1) is 71.5. The van der Waals surface area contributed by atoms with Crippen LogP contribution in [0, 0.1) is 0 Å². The quantitative estimate of drug-likeness (QED) is 0.138. The average molecular weight is 1610 g/mol. The molecule has 2 aliphatic carbocycles. The summed E-state index contributed by atoms with van der Waals surface area (Å²) < 4.78 is 0. The van der Waals surface area contributed by atoms with E-state index in [1.807, 2.05) is 78.4 Å². The summed E-state index contributed by atoms with van der Waals surface area (Å²) in [4.78, 5) is 40.6. The topological polar surface area (TPSA) is 90.2 Å². The summed E-state index contributed by atoms with van der Waals surface area (Å²) in [5.74, 6) is 0. The lowest BCUT2D eigenvalue weighted by Gasteiger charge is -2.40. The molecule has 9 heteroatoms. The predicted octanol–water partition coefficient (Wildman–Crippen LogP) is 29.0. The van der Waals surface area contributed by atoms with E-state index in [0.29, 0.717) is 0 Å². The Morgan fingerprint density at radius 2 is 0.548 bits per heavy atom. The number of nitrogens with zero attached hydrogens (tertiary/aromatic N) is 7. The van der Waals surface area contributed by atoms with Crippen molar-refractivity contribution in [1.29, 1.82) is 0 Å². The molecule has 22 aromatic rings. The van der Waals surface area contributed by atoms with Crippen LogP contribution in [0.1, 0.15) is 44.5 Å². The van der Waals surface area contributed by atoms with E-state index in [4.69, 9.17) is 24.9 Å². The highest BCUT2D eigenvalue weighted by Crippen LogP contribution is 2.66. The molecule has 4 aliphatic rings. The molecule has 2 spiro atoms. The van der Waals surface area contributed by atoms with Crippen molar-refractivity contribution in [2.45, 2.75) is 30.4 Å². The van der Waals surface area contributed by atoms with Gasteiger partial charge in [-0.1, -0.05) is 321 Å². The van der Waals surface area contributed by atoms with Crippen molar-refractivity contribution in [1.82, 2.24) is 34.9 Å². The third kappa shape index (κ3) is 11.2. The second-order valence-corrected chi connectivity index (χ2v) is 34.6. The molecule has 124 heavy (non-hydrogen) atoms. The monoisotopic (exact) mass is 1610 g/mol. The van der Waals surface area contributed by atoms with Gasteiger partial charge in [-0.2, -0.15) is 0 Å². The van der Waals surface area contributed by atoms with Gasteiger partial charge in [-0.05, 0) is 209 Å². The van der Waals surface area contributed by atoms with Crippen molar-refractivity contribution in [2.24, 2.45) is 0 Å². The number of pyridine rings is 7. The molecule has 2 aliphatic heterocycles. The average Bonchev–Trinajstić information content (AvgIpc) is 1.52. The van der Waals surface area contributed by atoms with Crippen LogP contribution in [0.4, 0.5) is 0 Å². The van der Waals surface area contributed by atoms with Gasteiger partial charge in [-0.15, -0.1) is 0 Å². The van der Waals surface area contributed by atoms with Crippen LogP contribution < -0.4 is 0 Å². The molecule has 0 atom stereocenters. The molecule has 0 saturated heterocycles. The zero-order valence-electron chi connectivity index (χ0n) is 66.8. The van der Waals surface area contributed by atoms with E-state index < -0.39 is 10.8 Å². The van der Waals surface area contributed by atoms with Crippen molar-refractivity contribution in [3.05, 3.63) is 463 Å². The fourth-order valence-corrected chi connectivity index (χ4v) is 22.6. The minimum absolute atomic E-state index is 0.550. The molecule has 15 aromatic carbocycles. The SMILES string of the molecule is c1ccc(-c2ccc3ccc4ccc(-c5ccc6c(c5)C5(c7cc8c(cc7S6)c(-c6ccccc6)nc6ccccc68)c6ccccc6-c6ccccc65)nc4c3n2)cc1.c1ccc(-c2nc3ccccc3c3cc4c(cc23)Sc2ccc(-c3ccc(-c5cc(-c6ccccn6)nc(-c6ccccn6)c5)cc3)cc2C42c3ccccc3-c3ccccc32)cc1. The molecule has 0 bridgehead atoms. The van der Waals surface area contributed by atoms with E-state index in [2.05, 4.69) is 374 Å². The number of benzene rings is 15. The summed E-state index contributed by atoms with van der Waals surface area (Å²) in [6.07, 6.45) is 3.62. The number of aromatic nitrogens is 7. The maximum atomic E-state index is 5.44. The predicted molar refractivity (Wildman–Crippen MR) is 509 cm³/mol. The number of fused-ring (bicyclic) bond motifs is 27. The number of rotatable bonds is 8. The van der Waals surface area contributed by atoms with Crippen molar-refractivity contribution in [3.63, 3.8) is 0 Å². The summed E-state index contributed by atoms with van der Waals surface area (Å²) >= 11 is 3.74. The first-order valence-corrected chi connectivity index (χ1v) is 43.7. The highest BCUT2D eigenvalue weighted by Gasteiger charge is 2.53. The van der Waals surface area contributed by atoms with Gasteiger partial charge in [0.2, 0.25) is 0 Å². The smallest absolute Gasteiger partial charge is 0.0972 e.